The molecule has 194 valence electrons. The minimum Gasteiger partial charge on any atom is -0.478 e. The van der Waals surface area contributed by atoms with Gasteiger partial charge in [-0.15, -0.1) is 0 Å². The number of carbonyl (C=O) groups excluding carboxylic acids is 1. The Bertz CT molecular complexity index is 1460. The normalized spacial score (nSPS) is 11.9. The Morgan fingerprint density at radius 1 is 1.08 bits per heavy atom. The molecular formula is C24H19ClF3N3O5S. The van der Waals surface area contributed by atoms with E-state index in [-0.39, 0.29) is 16.0 Å². The molecule has 13 heteroatoms. The third-order valence-electron chi connectivity index (χ3n) is 5.02. The highest BCUT2D eigenvalue weighted by Gasteiger charge is 2.35. The summed E-state index contributed by atoms with van der Waals surface area (Å²) in [6.07, 6.45) is -3.83. The number of amides is 1. The molecule has 3 aromatic rings. The van der Waals surface area contributed by atoms with E-state index >= 15 is 0 Å². The van der Waals surface area contributed by atoms with Crippen LogP contribution < -0.4 is 9.73 Å². The predicted molar refractivity (Wildman–Crippen MR) is 131 cm³/mol. The molecule has 3 aromatic carbocycles. The molecule has 1 amide bonds. The van der Waals surface area contributed by atoms with Crippen LogP contribution in [-0.2, 0) is 21.0 Å². The van der Waals surface area contributed by atoms with E-state index in [2.05, 4.69) is 10.5 Å². The van der Waals surface area contributed by atoms with Gasteiger partial charge in [0.2, 0.25) is 0 Å². The van der Waals surface area contributed by atoms with Crippen LogP contribution in [-0.4, -0.2) is 38.2 Å². The third-order valence-corrected chi connectivity index (χ3v) is 7.14. The predicted octanol–water partition coefficient (Wildman–Crippen LogP) is 4.71. The molecule has 0 aromatic heterocycles. The number of alkyl halides is 3. The number of carbonyl (C=O) groups is 2. The first-order chi connectivity index (χ1) is 17.3. The summed E-state index contributed by atoms with van der Waals surface area (Å²) in [5.41, 5.74) is 1.15. The molecule has 8 nitrogen and oxygen atoms in total. The van der Waals surface area contributed by atoms with Crippen molar-refractivity contribution in [3.05, 3.63) is 94.0 Å². The van der Waals surface area contributed by atoms with E-state index in [9.17, 15) is 36.3 Å². The van der Waals surface area contributed by atoms with E-state index in [0.717, 1.165) is 23.9 Å². The number of nitrogens with zero attached hydrogens (tertiary/aromatic N) is 2. The lowest BCUT2D eigenvalue weighted by Crippen LogP contribution is -2.39. The number of hydrazone groups is 1. The number of carboxylic acids is 1. The van der Waals surface area contributed by atoms with Crippen molar-refractivity contribution in [1.82, 2.24) is 5.43 Å². The maximum Gasteiger partial charge on any atom is 0.417 e. The fourth-order valence-corrected chi connectivity index (χ4v) is 4.82. The Morgan fingerprint density at radius 2 is 1.73 bits per heavy atom. The monoisotopic (exact) mass is 553 g/mol. The largest absolute Gasteiger partial charge is 0.478 e. The Labute approximate surface area is 215 Å². The molecule has 0 radical (unpaired) electrons. The van der Waals surface area contributed by atoms with Crippen molar-refractivity contribution in [2.75, 3.05) is 10.8 Å². The summed E-state index contributed by atoms with van der Waals surface area (Å²) in [6.45, 7) is 0.782. The first-order valence-corrected chi connectivity index (χ1v) is 12.2. The number of aromatic carboxylic acids is 1. The highest BCUT2D eigenvalue weighted by Crippen LogP contribution is 2.38. The average Bonchev–Trinajstić information content (AvgIpc) is 2.82. The quantitative estimate of drug-likeness (QED) is 0.309. The average molecular weight is 554 g/mol. The molecule has 0 heterocycles. The van der Waals surface area contributed by atoms with E-state index < -0.39 is 50.9 Å². The van der Waals surface area contributed by atoms with Crippen molar-refractivity contribution < 1.29 is 36.3 Å². The lowest BCUT2D eigenvalue weighted by atomic mass is 10.1. The van der Waals surface area contributed by atoms with Gasteiger partial charge in [-0.1, -0.05) is 47.5 Å². The first-order valence-electron chi connectivity index (χ1n) is 10.4. The molecule has 3 rings (SSSR count). The van der Waals surface area contributed by atoms with Gasteiger partial charge < -0.3 is 5.11 Å². The summed E-state index contributed by atoms with van der Waals surface area (Å²) in [5, 5.41) is 12.2. The van der Waals surface area contributed by atoms with Crippen LogP contribution in [0.1, 0.15) is 27.0 Å². The summed E-state index contributed by atoms with van der Waals surface area (Å²) >= 11 is 5.67. The molecule has 0 aliphatic rings. The zero-order chi connectivity index (χ0) is 27.4. The second-order valence-corrected chi connectivity index (χ2v) is 9.94. The van der Waals surface area contributed by atoms with Crippen LogP contribution in [0.15, 0.2) is 76.7 Å². The van der Waals surface area contributed by atoms with E-state index in [0.29, 0.717) is 10.4 Å². The van der Waals surface area contributed by atoms with Gasteiger partial charge in [0.25, 0.3) is 15.9 Å². The van der Waals surface area contributed by atoms with Gasteiger partial charge in [0.1, 0.15) is 6.54 Å². The Balaban J connectivity index is 1.96. The number of nitrogens with one attached hydrogen (secondary N) is 1. The molecule has 0 fully saturated rings. The molecule has 0 spiro atoms. The van der Waals surface area contributed by atoms with Gasteiger partial charge in [-0.25, -0.2) is 18.6 Å². The molecular weight excluding hydrogens is 535 g/mol. The number of halogens is 4. The SMILES string of the molecule is Cc1ccc(S(=O)(=O)N(CC(=O)N/N=C\c2ccccc2C(=O)O)c2ccc(Cl)c(C(F)(F)F)c2)cc1. The molecule has 0 saturated heterocycles. The summed E-state index contributed by atoms with van der Waals surface area (Å²) in [7, 11) is -4.50. The van der Waals surface area contributed by atoms with E-state index in [1.807, 2.05) is 0 Å². The van der Waals surface area contributed by atoms with Gasteiger partial charge in [-0.05, 0) is 43.3 Å². The minimum absolute atomic E-state index is 0.0927. The van der Waals surface area contributed by atoms with Crippen LogP contribution in [0.4, 0.5) is 18.9 Å². The van der Waals surface area contributed by atoms with Crippen molar-refractivity contribution >= 4 is 45.4 Å². The third kappa shape index (κ3) is 6.66. The van der Waals surface area contributed by atoms with Gasteiger partial charge >= 0.3 is 12.1 Å². The molecule has 0 aliphatic heterocycles. The van der Waals surface area contributed by atoms with Crippen molar-refractivity contribution in [3.63, 3.8) is 0 Å². The Hall–Kier alpha value is -3.90. The maximum atomic E-state index is 13.4. The molecule has 2 N–H and O–H groups in total. The number of sulfonamides is 1. The molecule has 37 heavy (non-hydrogen) atoms. The van der Waals surface area contributed by atoms with Gasteiger partial charge in [0, 0.05) is 5.56 Å². The van der Waals surface area contributed by atoms with Crippen molar-refractivity contribution in [3.8, 4) is 0 Å². The van der Waals surface area contributed by atoms with Crippen molar-refractivity contribution in [2.24, 2.45) is 5.10 Å². The topological polar surface area (TPSA) is 116 Å². The van der Waals surface area contributed by atoms with Gasteiger partial charge in [0.05, 0.1) is 32.9 Å². The number of carboxylic acid groups (broad SMARTS) is 1. The molecule has 0 aliphatic carbocycles. The van der Waals surface area contributed by atoms with E-state index in [1.165, 1.54) is 42.5 Å². The highest BCUT2D eigenvalue weighted by atomic mass is 35.5. The Kier molecular flexibility index (Phi) is 8.24. The van der Waals surface area contributed by atoms with Crippen LogP contribution in [0, 0.1) is 6.92 Å². The minimum atomic E-state index is -4.88. The van der Waals surface area contributed by atoms with Gasteiger partial charge in [-0.2, -0.15) is 18.3 Å². The Morgan fingerprint density at radius 3 is 2.35 bits per heavy atom. The number of benzene rings is 3. The van der Waals surface area contributed by atoms with Gasteiger partial charge in [0.15, 0.2) is 0 Å². The summed E-state index contributed by atoms with van der Waals surface area (Å²) in [5.74, 6) is -2.23. The fourth-order valence-electron chi connectivity index (χ4n) is 3.18. The second-order valence-electron chi connectivity index (χ2n) is 7.67. The zero-order valence-electron chi connectivity index (χ0n) is 19.0. The number of hydrogen-bond acceptors (Lipinski definition) is 5. The number of anilines is 1. The first kappa shape index (κ1) is 27.7. The fraction of sp³-hybridized carbons (Fsp3) is 0.125. The van der Waals surface area contributed by atoms with Crippen LogP contribution >= 0.6 is 11.6 Å². The zero-order valence-corrected chi connectivity index (χ0v) is 20.6. The lowest BCUT2D eigenvalue weighted by Gasteiger charge is -2.25. The maximum absolute atomic E-state index is 13.4. The highest BCUT2D eigenvalue weighted by molar-refractivity contribution is 7.92. The van der Waals surface area contributed by atoms with Crippen LogP contribution in [0.25, 0.3) is 0 Å². The molecule has 0 bridgehead atoms. The molecule has 0 saturated carbocycles. The van der Waals surface area contributed by atoms with E-state index in [1.54, 1.807) is 13.0 Å². The van der Waals surface area contributed by atoms with E-state index in [4.69, 9.17) is 11.6 Å². The van der Waals surface area contributed by atoms with Crippen LogP contribution in [0.5, 0.6) is 0 Å². The van der Waals surface area contributed by atoms with Crippen molar-refractivity contribution in [2.45, 2.75) is 18.0 Å². The van der Waals surface area contributed by atoms with Gasteiger partial charge in [-0.3, -0.25) is 9.10 Å². The summed E-state index contributed by atoms with van der Waals surface area (Å²) in [6, 6.07) is 13.8. The standard InChI is InChI=1S/C24H19ClF3N3O5S/c1-15-6-9-18(10-7-15)37(35,36)31(17-8-11-21(25)20(12-17)24(26,27)28)14-22(32)30-29-13-16-4-2-3-5-19(16)23(33)34/h2-13H,14H2,1H3,(H,30,32)(H,33,34)/b29-13-. The lowest BCUT2D eigenvalue weighted by molar-refractivity contribution is -0.137. The molecule has 0 unspecified atom stereocenters. The van der Waals surface area contributed by atoms with Crippen LogP contribution in [0.2, 0.25) is 5.02 Å². The van der Waals surface area contributed by atoms with Crippen molar-refractivity contribution in [1.29, 1.82) is 0 Å². The van der Waals surface area contributed by atoms with Crippen LogP contribution in [0.3, 0.4) is 0 Å². The summed E-state index contributed by atoms with van der Waals surface area (Å²) < 4.78 is 67.6. The molecule has 0 atom stereocenters. The summed E-state index contributed by atoms with van der Waals surface area (Å²) in [4.78, 5) is 23.7. The number of hydrogen-bond donors (Lipinski definition) is 2. The number of aryl methyl sites for hydroxylation is 1. The number of rotatable bonds is 8. The second kappa shape index (κ2) is 11.0. The smallest absolute Gasteiger partial charge is 0.417 e.